The predicted octanol–water partition coefficient (Wildman–Crippen LogP) is 5.48. The molecule has 5 nitrogen and oxygen atoms in total. The number of sulfone groups is 1. The molecule has 0 radical (unpaired) electrons. The van der Waals surface area contributed by atoms with Crippen molar-refractivity contribution in [3.05, 3.63) is 66.0 Å². The van der Waals surface area contributed by atoms with Gasteiger partial charge in [-0.15, -0.1) is 0 Å². The molecule has 6 heteroatoms. The molecule has 0 N–H and O–H groups in total. The highest BCUT2D eigenvalue weighted by atomic mass is 32.2. The Labute approximate surface area is 191 Å². The number of carbonyl (C=O) groups excluding carboxylic acids is 1. The second-order valence-electron chi connectivity index (χ2n) is 9.69. The molecule has 0 amide bonds. The maximum absolute atomic E-state index is 13.2. The van der Waals surface area contributed by atoms with Gasteiger partial charge in [0.05, 0.1) is 22.9 Å². The Balaban J connectivity index is 1.69. The second-order valence-corrected chi connectivity index (χ2v) is 11.9. The molecule has 1 atom stereocenters. The lowest BCUT2D eigenvalue weighted by Crippen LogP contribution is -2.30. The summed E-state index contributed by atoms with van der Waals surface area (Å²) in [6.07, 6.45) is 1.75. The van der Waals surface area contributed by atoms with E-state index in [1.807, 2.05) is 25.1 Å². The van der Waals surface area contributed by atoms with E-state index in [0.717, 1.165) is 29.3 Å². The van der Waals surface area contributed by atoms with E-state index in [2.05, 4.69) is 61.4 Å². The molecule has 0 spiro atoms. The van der Waals surface area contributed by atoms with Crippen LogP contribution in [0.2, 0.25) is 0 Å². The number of aryl methyl sites for hydroxylation is 1. The van der Waals surface area contributed by atoms with E-state index in [-0.39, 0.29) is 29.8 Å². The number of hydrogen-bond donors (Lipinski definition) is 0. The zero-order chi connectivity index (χ0) is 23.3. The maximum Gasteiger partial charge on any atom is 0.163 e. The zero-order valence-corrected chi connectivity index (χ0v) is 20.2. The molecule has 1 saturated heterocycles. The summed E-state index contributed by atoms with van der Waals surface area (Å²) < 4.78 is 23.9. The van der Waals surface area contributed by atoms with Gasteiger partial charge in [-0.1, -0.05) is 32.6 Å². The van der Waals surface area contributed by atoms with E-state index in [4.69, 9.17) is 0 Å². The molecule has 4 rings (SSSR count). The minimum Gasteiger partial charge on any atom is -0.324 e. The van der Waals surface area contributed by atoms with Crippen molar-refractivity contribution in [2.24, 2.45) is 5.41 Å². The SMILES string of the molecule is C=C1N(c2cccc(CC)c2)c2ccc(C(=O)C[C@]3(C)CCS(=O)(=O)C3)cc2N1C(C)C. The van der Waals surface area contributed by atoms with E-state index in [1.54, 1.807) is 0 Å². The monoisotopic (exact) mass is 452 g/mol. The van der Waals surface area contributed by atoms with Crippen molar-refractivity contribution in [2.45, 2.75) is 53.0 Å². The van der Waals surface area contributed by atoms with Gasteiger partial charge in [0.25, 0.3) is 0 Å². The summed E-state index contributed by atoms with van der Waals surface area (Å²) >= 11 is 0. The van der Waals surface area contributed by atoms with Crippen molar-refractivity contribution in [1.82, 2.24) is 0 Å². The Morgan fingerprint density at radius 3 is 2.53 bits per heavy atom. The first-order valence-corrected chi connectivity index (χ1v) is 13.1. The standard InChI is InChI=1S/C26H32N2O3S/c1-6-20-8-7-9-22(14-20)28-19(4)27(18(2)3)24-15-21(10-11-23(24)28)25(29)16-26(5)12-13-32(30,31)17-26/h7-11,14-15,18H,4,6,12-13,16-17H2,1-3,5H3/t26-/m0/s1. The van der Waals surface area contributed by atoms with Crippen LogP contribution < -0.4 is 9.80 Å². The van der Waals surface area contributed by atoms with Gasteiger partial charge < -0.3 is 4.90 Å². The number of rotatable bonds is 6. The number of benzene rings is 2. The first kappa shape index (κ1) is 22.6. The summed E-state index contributed by atoms with van der Waals surface area (Å²) in [5.74, 6) is 1.12. The number of ketones is 1. The molecule has 0 saturated carbocycles. The Bertz CT molecular complexity index is 1190. The minimum atomic E-state index is -3.04. The van der Waals surface area contributed by atoms with Gasteiger partial charge in [-0.3, -0.25) is 9.69 Å². The topological polar surface area (TPSA) is 57.7 Å². The molecule has 32 heavy (non-hydrogen) atoms. The van der Waals surface area contributed by atoms with Crippen molar-refractivity contribution < 1.29 is 13.2 Å². The van der Waals surface area contributed by atoms with Crippen molar-refractivity contribution in [3.8, 4) is 0 Å². The molecule has 0 unspecified atom stereocenters. The molecule has 2 heterocycles. The largest absolute Gasteiger partial charge is 0.324 e. The van der Waals surface area contributed by atoms with Crippen molar-refractivity contribution in [1.29, 1.82) is 0 Å². The van der Waals surface area contributed by atoms with Gasteiger partial charge in [0.15, 0.2) is 15.6 Å². The molecule has 170 valence electrons. The molecule has 0 aliphatic carbocycles. The second kappa shape index (κ2) is 8.07. The first-order chi connectivity index (χ1) is 15.0. The van der Waals surface area contributed by atoms with Crippen LogP contribution in [0.25, 0.3) is 0 Å². The van der Waals surface area contributed by atoms with Gasteiger partial charge in [0.2, 0.25) is 0 Å². The number of hydrogen-bond acceptors (Lipinski definition) is 5. The van der Waals surface area contributed by atoms with Crippen molar-refractivity contribution in [3.63, 3.8) is 0 Å². The van der Waals surface area contributed by atoms with Crippen LogP contribution in [0.15, 0.2) is 54.9 Å². The molecule has 2 aromatic carbocycles. The van der Waals surface area contributed by atoms with Crippen LogP contribution in [-0.2, 0) is 16.3 Å². The lowest BCUT2D eigenvalue weighted by atomic mass is 9.83. The predicted molar refractivity (Wildman–Crippen MR) is 131 cm³/mol. The first-order valence-electron chi connectivity index (χ1n) is 11.3. The highest BCUT2D eigenvalue weighted by Gasteiger charge is 2.40. The molecular weight excluding hydrogens is 420 g/mol. The van der Waals surface area contributed by atoms with Gasteiger partial charge in [0, 0.05) is 23.7 Å². The molecular formula is C26H32N2O3S. The van der Waals surface area contributed by atoms with Gasteiger partial charge >= 0.3 is 0 Å². The molecule has 0 aromatic heterocycles. The van der Waals surface area contributed by atoms with Crippen LogP contribution in [-0.4, -0.2) is 31.7 Å². The Hall–Kier alpha value is -2.60. The van der Waals surface area contributed by atoms with Crippen LogP contribution in [0.1, 0.15) is 56.5 Å². The highest BCUT2D eigenvalue weighted by Crippen LogP contribution is 2.47. The fraction of sp³-hybridized carbons (Fsp3) is 0.423. The lowest BCUT2D eigenvalue weighted by Gasteiger charge is -2.27. The van der Waals surface area contributed by atoms with Crippen LogP contribution in [0.3, 0.4) is 0 Å². The average Bonchev–Trinajstić information content (AvgIpc) is 3.18. The summed E-state index contributed by atoms with van der Waals surface area (Å²) in [4.78, 5) is 17.5. The van der Waals surface area contributed by atoms with E-state index in [0.29, 0.717) is 12.0 Å². The number of anilines is 3. The van der Waals surface area contributed by atoms with Crippen LogP contribution in [0.4, 0.5) is 17.1 Å². The quantitative estimate of drug-likeness (QED) is 0.543. The summed E-state index contributed by atoms with van der Waals surface area (Å²) in [5.41, 5.74) is 4.41. The summed E-state index contributed by atoms with van der Waals surface area (Å²) in [5, 5.41) is 0. The van der Waals surface area contributed by atoms with Crippen LogP contribution in [0, 0.1) is 5.41 Å². The number of nitrogens with zero attached hydrogens (tertiary/aromatic N) is 2. The van der Waals surface area contributed by atoms with Gasteiger partial charge in [0.1, 0.15) is 5.82 Å². The normalized spacial score (nSPS) is 22.0. The minimum absolute atomic E-state index is 0.00634. The van der Waals surface area contributed by atoms with E-state index < -0.39 is 15.3 Å². The number of Topliss-reactive ketones (excluding diaryl/α,β-unsaturated/α-hetero) is 1. The average molecular weight is 453 g/mol. The summed E-state index contributed by atoms with van der Waals surface area (Å²) in [6, 6.07) is 14.4. The smallest absolute Gasteiger partial charge is 0.163 e. The van der Waals surface area contributed by atoms with E-state index in [9.17, 15) is 13.2 Å². The number of carbonyl (C=O) groups is 1. The van der Waals surface area contributed by atoms with Crippen LogP contribution >= 0.6 is 0 Å². The Morgan fingerprint density at radius 2 is 1.91 bits per heavy atom. The fourth-order valence-electron chi connectivity index (χ4n) is 4.95. The Morgan fingerprint density at radius 1 is 1.16 bits per heavy atom. The van der Waals surface area contributed by atoms with Crippen LogP contribution in [0.5, 0.6) is 0 Å². The third-order valence-electron chi connectivity index (χ3n) is 6.60. The van der Waals surface area contributed by atoms with Gasteiger partial charge in [-0.2, -0.15) is 0 Å². The van der Waals surface area contributed by atoms with Gasteiger partial charge in [-0.25, -0.2) is 8.42 Å². The Kier molecular flexibility index (Phi) is 5.70. The van der Waals surface area contributed by atoms with Gasteiger partial charge in [-0.05, 0) is 68.0 Å². The fourth-order valence-corrected chi connectivity index (χ4v) is 7.21. The van der Waals surface area contributed by atoms with E-state index in [1.165, 1.54) is 5.56 Å². The molecule has 0 bridgehead atoms. The third kappa shape index (κ3) is 4.08. The molecule has 2 aliphatic heterocycles. The van der Waals surface area contributed by atoms with Crippen molar-refractivity contribution in [2.75, 3.05) is 21.3 Å². The third-order valence-corrected chi connectivity index (χ3v) is 8.56. The zero-order valence-electron chi connectivity index (χ0n) is 19.4. The van der Waals surface area contributed by atoms with E-state index >= 15 is 0 Å². The maximum atomic E-state index is 13.2. The summed E-state index contributed by atoms with van der Waals surface area (Å²) in [6.45, 7) is 12.6. The molecule has 2 aliphatic rings. The molecule has 1 fully saturated rings. The number of fused-ring (bicyclic) bond motifs is 1. The molecule has 2 aromatic rings. The summed E-state index contributed by atoms with van der Waals surface area (Å²) in [7, 11) is -3.04. The highest BCUT2D eigenvalue weighted by molar-refractivity contribution is 7.91. The lowest BCUT2D eigenvalue weighted by molar-refractivity contribution is 0.0934. The van der Waals surface area contributed by atoms with Crippen molar-refractivity contribution >= 4 is 32.7 Å².